The second kappa shape index (κ2) is 4.63. The molecule has 0 saturated heterocycles. The molecule has 0 bridgehead atoms. The van der Waals surface area contributed by atoms with Crippen molar-refractivity contribution in [2.24, 2.45) is 0 Å². The molecule has 0 atom stereocenters. The fourth-order valence-corrected chi connectivity index (χ4v) is 2.60. The van der Waals surface area contributed by atoms with E-state index in [1.807, 2.05) is 18.2 Å². The summed E-state index contributed by atoms with van der Waals surface area (Å²) in [5.74, 6) is -0.254. The first kappa shape index (κ1) is 12.1. The minimum atomic E-state index is -0.254. The van der Waals surface area contributed by atoms with Crippen LogP contribution in [0.15, 0.2) is 46.9 Å². The number of carbonyl (C=O) groups excluding carboxylic acids is 1. The van der Waals surface area contributed by atoms with Gasteiger partial charge in [0.1, 0.15) is 5.82 Å². The van der Waals surface area contributed by atoms with Gasteiger partial charge >= 0.3 is 0 Å². The highest BCUT2D eigenvalue weighted by Crippen LogP contribution is 2.31. The molecule has 1 aromatic heterocycles. The number of aldehydes is 1. The summed E-state index contributed by atoms with van der Waals surface area (Å²) in [4.78, 5) is 13.9. The lowest BCUT2D eigenvalue weighted by atomic mass is 10.0. The van der Waals surface area contributed by atoms with Gasteiger partial charge in [-0.2, -0.15) is 0 Å². The number of nitrogens with one attached hydrogen (secondary N) is 1. The van der Waals surface area contributed by atoms with Crippen LogP contribution in [0.3, 0.4) is 0 Å². The van der Waals surface area contributed by atoms with E-state index in [9.17, 15) is 9.18 Å². The highest BCUT2D eigenvalue weighted by Gasteiger charge is 2.09. The third-order valence-electron chi connectivity index (χ3n) is 3.06. The zero-order valence-corrected chi connectivity index (χ0v) is 11.4. The normalized spacial score (nSPS) is 10.8. The van der Waals surface area contributed by atoms with Crippen LogP contribution in [0.4, 0.5) is 4.39 Å². The Balaban J connectivity index is 2.18. The van der Waals surface area contributed by atoms with E-state index in [0.717, 1.165) is 32.8 Å². The number of fused-ring (bicyclic) bond motifs is 1. The molecule has 0 unspecified atom stereocenters. The van der Waals surface area contributed by atoms with Gasteiger partial charge in [-0.15, -0.1) is 0 Å². The summed E-state index contributed by atoms with van der Waals surface area (Å²) in [6.45, 7) is 0. The molecule has 0 aliphatic carbocycles. The van der Waals surface area contributed by atoms with Crippen molar-refractivity contribution < 1.29 is 9.18 Å². The second-order valence-electron chi connectivity index (χ2n) is 4.24. The van der Waals surface area contributed by atoms with Crippen molar-refractivity contribution in [3.63, 3.8) is 0 Å². The van der Waals surface area contributed by atoms with Crippen molar-refractivity contribution in [3.8, 4) is 11.1 Å². The zero-order valence-electron chi connectivity index (χ0n) is 9.78. The van der Waals surface area contributed by atoms with Crippen molar-refractivity contribution in [2.45, 2.75) is 0 Å². The molecule has 19 heavy (non-hydrogen) atoms. The van der Waals surface area contributed by atoms with Crippen LogP contribution in [0.2, 0.25) is 0 Å². The lowest BCUT2D eigenvalue weighted by molar-refractivity contribution is 0.111. The van der Waals surface area contributed by atoms with E-state index in [1.54, 1.807) is 12.1 Å². The number of halogens is 2. The summed E-state index contributed by atoms with van der Waals surface area (Å²) in [5.41, 5.74) is 3.32. The van der Waals surface area contributed by atoms with Crippen LogP contribution in [0.5, 0.6) is 0 Å². The van der Waals surface area contributed by atoms with E-state index in [4.69, 9.17) is 0 Å². The Bertz CT molecular complexity index is 762. The minimum absolute atomic E-state index is 0.254. The predicted octanol–water partition coefficient (Wildman–Crippen LogP) is 4.55. The number of carbonyl (C=O) groups is 1. The average molecular weight is 318 g/mol. The monoisotopic (exact) mass is 317 g/mol. The number of aromatic amines is 1. The molecular formula is C15H9BrFNO. The fourth-order valence-electron chi connectivity index (χ4n) is 2.08. The van der Waals surface area contributed by atoms with E-state index >= 15 is 0 Å². The Labute approximate surface area is 117 Å². The molecule has 3 aromatic rings. The molecule has 0 aliphatic heterocycles. The van der Waals surface area contributed by atoms with E-state index in [2.05, 4.69) is 20.9 Å². The molecule has 2 nitrogen and oxygen atoms in total. The molecule has 1 N–H and O–H groups in total. The van der Waals surface area contributed by atoms with E-state index in [0.29, 0.717) is 5.69 Å². The van der Waals surface area contributed by atoms with Gasteiger partial charge in [0, 0.05) is 10.9 Å². The van der Waals surface area contributed by atoms with Crippen molar-refractivity contribution in [2.75, 3.05) is 0 Å². The lowest BCUT2D eigenvalue weighted by Crippen LogP contribution is -1.79. The van der Waals surface area contributed by atoms with E-state index < -0.39 is 0 Å². The van der Waals surface area contributed by atoms with E-state index in [1.165, 1.54) is 12.1 Å². The van der Waals surface area contributed by atoms with Crippen molar-refractivity contribution >= 4 is 33.1 Å². The van der Waals surface area contributed by atoms with Gasteiger partial charge in [-0.05, 0) is 51.3 Å². The Hall–Kier alpha value is -1.94. The van der Waals surface area contributed by atoms with Crippen LogP contribution in [0, 0.1) is 5.82 Å². The molecule has 0 spiro atoms. The molecular weight excluding hydrogens is 309 g/mol. The number of H-pyrrole nitrogens is 1. The SMILES string of the molecule is O=Cc1[nH]c2ccc(-c3ccc(F)cc3)cc2c1Br. The molecule has 2 aromatic carbocycles. The number of benzene rings is 2. The maximum atomic E-state index is 12.9. The van der Waals surface area contributed by atoms with Gasteiger partial charge in [-0.1, -0.05) is 18.2 Å². The Morgan fingerprint density at radius 3 is 2.42 bits per heavy atom. The summed E-state index contributed by atoms with van der Waals surface area (Å²) >= 11 is 3.41. The van der Waals surface area contributed by atoms with Crippen LogP contribution in [-0.4, -0.2) is 11.3 Å². The van der Waals surface area contributed by atoms with Crippen molar-refractivity contribution in [1.29, 1.82) is 0 Å². The average Bonchev–Trinajstić information content (AvgIpc) is 2.76. The Morgan fingerprint density at radius 1 is 1.05 bits per heavy atom. The third-order valence-corrected chi connectivity index (χ3v) is 3.91. The molecule has 0 amide bonds. The van der Waals surface area contributed by atoms with Gasteiger partial charge in [-0.3, -0.25) is 4.79 Å². The predicted molar refractivity (Wildman–Crippen MR) is 76.8 cm³/mol. The number of hydrogen-bond donors (Lipinski definition) is 1. The minimum Gasteiger partial charge on any atom is -0.351 e. The highest BCUT2D eigenvalue weighted by molar-refractivity contribution is 9.10. The van der Waals surface area contributed by atoms with Gasteiger partial charge in [0.2, 0.25) is 0 Å². The largest absolute Gasteiger partial charge is 0.351 e. The Morgan fingerprint density at radius 2 is 1.74 bits per heavy atom. The van der Waals surface area contributed by atoms with Gasteiger partial charge in [-0.25, -0.2) is 4.39 Å². The molecule has 94 valence electrons. The Kier molecular flexibility index (Phi) is 2.95. The van der Waals surface area contributed by atoms with Gasteiger partial charge in [0.05, 0.1) is 10.2 Å². The van der Waals surface area contributed by atoms with Crippen LogP contribution in [0.25, 0.3) is 22.0 Å². The third kappa shape index (κ3) is 2.08. The van der Waals surface area contributed by atoms with Crippen LogP contribution in [-0.2, 0) is 0 Å². The van der Waals surface area contributed by atoms with Gasteiger partial charge in [0.15, 0.2) is 6.29 Å². The topological polar surface area (TPSA) is 32.9 Å². The zero-order chi connectivity index (χ0) is 13.4. The van der Waals surface area contributed by atoms with Crippen molar-refractivity contribution in [3.05, 3.63) is 58.4 Å². The maximum Gasteiger partial charge on any atom is 0.167 e. The number of hydrogen-bond acceptors (Lipinski definition) is 1. The van der Waals surface area contributed by atoms with E-state index in [-0.39, 0.29) is 5.82 Å². The van der Waals surface area contributed by atoms with Crippen molar-refractivity contribution in [1.82, 2.24) is 4.98 Å². The maximum absolute atomic E-state index is 12.9. The van der Waals surface area contributed by atoms with Crippen LogP contribution < -0.4 is 0 Å². The number of aromatic nitrogens is 1. The molecule has 1 heterocycles. The molecule has 0 radical (unpaired) electrons. The lowest BCUT2D eigenvalue weighted by Gasteiger charge is -2.02. The standard InChI is InChI=1S/C15H9BrFNO/c16-15-12-7-10(9-1-4-11(17)5-2-9)3-6-13(12)18-14(15)8-19/h1-8,18H. The molecule has 0 saturated carbocycles. The summed E-state index contributed by atoms with van der Waals surface area (Å²) in [5, 5.41) is 0.934. The van der Waals surface area contributed by atoms with Crippen LogP contribution in [0.1, 0.15) is 10.5 Å². The first-order valence-corrected chi connectivity index (χ1v) is 6.50. The summed E-state index contributed by atoms with van der Waals surface area (Å²) in [7, 11) is 0. The molecule has 0 aliphatic rings. The smallest absolute Gasteiger partial charge is 0.167 e. The van der Waals surface area contributed by atoms with Crippen LogP contribution >= 0.6 is 15.9 Å². The number of rotatable bonds is 2. The summed E-state index contributed by atoms with van der Waals surface area (Å²) in [6, 6.07) is 12.1. The molecule has 4 heteroatoms. The fraction of sp³-hybridized carbons (Fsp3) is 0. The summed E-state index contributed by atoms with van der Waals surface area (Å²) in [6.07, 6.45) is 0.779. The summed E-state index contributed by atoms with van der Waals surface area (Å²) < 4.78 is 13.7. The molecule has 3 rings (SSSR count). The highest BCUT2D eigenvalue weighted by atomic mass is 79.9. The first-order valence-electron chi connectivity index (χ1n) is 5.71. The first-order chi connectivity index (χ1) is 9.19. The van der Waals surface area contributed by atoms with Gasteiger partial charge in [0.25, 0.3) is 0 Å². The van der Waals surface area contributed by atoms with Gasteiger partial charge < -0.3 is 4.98 Å². The molecule has 0 fully saturated rings. The quantitative estimate of drug-likeness (QED) is 0.691. The second-order valence-corrected chi connectivity index (χ2v) is 5.03.